The number of amides is 2. The molecule has 1 fully saturated rings. The summed E-state index contributed by atoms with van der Waals surface area (Å²) in [6.45, 7) is 2.02. The highest BCUT2D eigenvalue weighted by Crippen LogP contribution is 2.30. The van der Waals surface area contributed by atoms with Gasteiger partial charge in [0.15, 0.2) is 0 Å². The monoisotopic (exact) mass is 294 g/mol. The lowest BCUT2D eigenvalue weighted by Crippen LogP contribution is -2.20. The largest absolute Gasteiger partial charge is 0.366 e. The Hall–Kier alpha value is -1.36. The van der Waals surface area contributed by atoms with Crippen LogP contribution in [0.4, 0.5) is 5.00 Å². The molecule has 0 radical (unpaired) electrons. The Morgan fingerprint density at radius 2 is 2.05 bits per heavy atom. The molecule has 1 heterocycles. The summed E-state index contributed by atoms with van der Waals surface area (Å²) in [4.78, 5) is 24.6. The first-order chi connectivity index (χ1) is 9.60. The maximum atomic E-state index is 12.1. The highest BCUT2D eigenvalue weighted by atomic mass is 32.1. The third-order valence-corrected chi connectivity index (χ3v) is 5.04. The number of primary amides is 1. The minimum atomic E-state index is -0.478. The molecule has 1 aromatic heterocycles. The van der Waals surface area contributed by atoms with E-state index in [1.54, 1.807) is 6.07 Å². The number of rotatable bonds is 5. The molecule has 0 bridgehead atoms. The molecule has 4 nitrogen and oxygen atoms in total. The van der Waals surface area contributed by atoms with Gasteiger partial charge in [-0.25, -0.2) is 0 Å². The van der Waals surface area contributed by atoms with Gasteiger partial charge in [-0.3, -0.25) is 9.59 Å². The molecule has 0 unspecified atom stereocenters. The number of anilines is 1. The molecular weight excluding hydrogens is 272 g/mol. The number of nitrogens with one attached hydrogen (secondary N) is 1. The molecule has 2 rings (SSSR count). The van der Waals surface area contributed by atoms with E-state index in [1.165, 1.54) is 30.6 Å². The molecule has 5 heteroatoms. The van der Waals surface area contributed by atoms with Gasteiger partial charge in [-0.2, -0.15) is 0 Å². The van der Waals surface area contributed by atoms with Crippen LogP contribution in [0.25, 0.3) is 0 Å². The zero-order chi connectivity index (χ0) is 14.5. The first-order valence-electron chi connectivity index (χ1n) is 7.32. The fourth-order valence-electron chi connectivity index (χ4n) is 2.72. The summed E-state index contributed by atoms with van der Waals surface area (Å²) in [5.74, 6) is 0.0178. The Balaban J connectivity index is 1.99. The summed E-state index contributed by atoms with van der Waals surface area (Å²) in [5, 5.41) is 3.48. The number of nitrogens with two attached hydrogens (primary N) is 1. The van der Waals surface area contributed by atoms with E-state index in [1.807, 2.05) is 6.92 Å². The Morgan fingerprint density at radius 1 is 1.35 bits per heavy atom. The Kier molecular flexibility index (Phi) is 5.17. The molecule has 1 aliphatic rings. The lowest BCUT2D eigenvalue weighted by molar-refractivity contribution is -0.117. The van der Waals surface area contributed by atoms with Crippen molar-refractivity contribution < 1.29 is 9.59 Å². The van der Waals surface area contributed by atoms with E-state index in [2.05, 4.69) is 5.32 Å². The van der Waals surface area contributed by atoms with Crippen LogP contribution >= 0.6 is 11.3 Å². The summed E-state index contributed by atoms with van der Waals surface area (Å²) in [6.07, 6.45) is 7.41. The normalized spacial score (nSPS) is 16.1. The summed E-state index contributed by atoms with van der Waals surface area (Å²) in [7, 11) is 0. The minimum absolute atomic E-state index is 0.00361. The molecule has 20 heavy (non-hydrogen) atoms. The maximum absolute atomic E-state index is 12.1. The molecule has 0 aliphatic heterocycles. The number of hydrogen-bond donors (Lipinski definition) is 2. The Morgan fingerprint density at radius 3 is 2.65 bits per heavy atom. The number of carbonyl (C=O) groups excluding carboxylic acids is 2. The van der Waals surface area contributed by atoms with Crippen LogP contribution in [-0.2, 0) is 11.2 Å². The lowest BCUT2D eigenvalue weighted by atomic mass is 9.87. The van der Waals surface area contributed by atoms with Crippen LogP contribution in [0, 0.1) is 5.92 Å². The lowest BCUT2D eigenvalue weighted by Gasteiger charge is -2.20. The van der Waals surface area contributed by atoms with E-state index >= 15 is 0 Å². The predicted octanol–water partition coefficient (Wildman–Crippen LogP) is 3.32. The summed E-state index contributed by atoms with van der Waals surface area (Å²) < 4.78 is 0. The second kappa shape index (κ2) is 6.88. The van der Waals surface area contributed by atoms with Gasteiger partial charge >= 0.3 is 0 Å². The van der Waals surface area contributed by atoms with Crippen LogP contribution in [-0.4, -0.2) is 11.8 Å². The number of hydrogen-bond acceptors (Lipinski definition) is 3. The van der Waals surface area contributed by atoms with Gasteiger partial charge in [-0.05, 0) is 31.2 Å². The van der Waals surface area contributed by atoms with Crippen molar-refractivity contribution in [1.29, 1.82) is 0 Å². The number of aryl methyl sites for hydroxylation is 1. The quantitative estimate of drug-likeness (QED) is 0.874. The second-order valence-electron chi connectivity index (χ2n) is 5.43. The van der Waals surface area contributed by atoms with Crippen molar-refractivity contribution in [2.45, 2.75) is 51.9 Å². The van der Waals surface area contributed by atoms with Crippen molar-refractivity contribution in [3.05, 3.63) is 16.5 Å². The topological polar surface area (TPSA) is 72.2 Å². The zero-order valence-corrected chi connectivity index (χ0v) is 12.7. The number of carbonyl (C=O) groups is 2. The first-order valence-corrected chi connectivity index (χ1v) is 8.14. The Bertz CT molecular complexity index is 490. The van der Waals surface area contributed by atoms with E-state index in [-0.39, 0.29) is 5.91 Å². The van der Waals surface area contributed by atoms with Crippen molar-refractivity contribution in [2.75, 3.05) is 5.32 Å². The predicted molar refractivity (Wildman–Crippen MR) is 82.0 cm³/mol. The van der Waals surface area contributed by atoms with Crippen LogP contribution in [0.2, 0.25) is 0 Å². The smallest absolute Gasteiger partial charge is 0.251 e. The van der Waals surface area contributed by atoms with Gasteiger partial charge in [0.05, 0.1) is 5.56 Å². The van der Waals surface area contributed by atoms with Crippen molar-refractivity contribution >= 4 is 28.2 Å². The zero-order valence-electron chi connectivity index (χ0n) is 11.9. The highest BCUT2D eigenvalue weighted by Gasteiger charge is 2.19. The third kappa shape index (κ3) is 3.82. The summed E-state index contributed by atoms with van der Waals surface area (Å²) >= 11 is 1.45. The number of thiophene rings is 1. The second-order valence-corrected chi connectivity index (χ2v) is 6.57. The molecule has 3 N–H and O–H groups in total. The molecule has 1 aliphatic carbocycles. The van der Waals surface area contributed by atoms with Gasteiger partial charge in [-0.15, -0.1) is 11.3 Å². The Labute approximate surface area is 123 Å². The van der Waals surface area contributed by atoms with Crippen LogP contribution in [0.3, 0.4) is 0 Å². The average Bonchev–Trinajstić information content (AvgIpc) is 2.83. The van der Waals surface area contributed by atoms with Crippen molar-refractivity contribution in [3.63, 3.8) is 0 Å². The molecule has 2 amide bonds. The van der Waals surface area contributed by atoms with Gasteiger partial charge in [0.1, 0.15) is 5.00 Å². The van der Waals surface area contributed by atoms with E-state index in [0.717, 1.165) is 24.1 Å². The van der Waals surface area contributed by atoms with Gasteiger partial charge < -0.3 is 11.1 Å². The standard InChI is InChI=1S/C15H22N2O2S/c1-2-11-9-12(14(16)19)15(20-11)17-13(18)8-10-6-4-3-5-7-10/h9-10H,2-8H2,1H3,(H2,16,19)(H,17,18). The molecule has 0 aromatic carbocycles. The van der Waals surface area contributed by atoms with Crippen molar-refractivity contribution in [2.24, 2.45) is 11.7 Å². The SMILES string of the molecule is CCc1cc(C(N)=O)c(NC(=O)CC2CCCCC2)s1. The molecular formula is C15H22N2O2S. The minimum Gasteiger partial charge on any atom is -0.366 e. The summed E-state index contributed by atoms with van der Waals surface area (Å²) in [5.41, 5.74) is 5.79. The van der Waals surface area contributed by atoms with E-state index in [0.29, 0.717) is 22.9 Å². The fourth-order valence-corrected chi connectivity index (χ4v) is 3.74. The van der Waals surface area contributed by atoms with Gasteiger partial charge in [-0.1, -0.05) is 26.2 Å². The molecule has 0 atom stereocenters. The molecule has 0 spiro atoms. The third-order valence-electron chi connectivity index (χ3n) is 3.85. The van der Waals surface area contributed by atoms with Crippen LogP contribution < -0.4 is 11.1 Å². The maximum Gasteiger partial charge on any atom is 0.251 e. The first kappa shape index (κ1) is 15.0. The van der Waals surface area contributed by atoms with Gasteiger partial charge in [0.25, 0.3) is 5.91 Å². The van der Waals surface area contributed by atoms with Crippen LogP contribution in [0.1, 0.15) is 60.7 Å². The molecule has 1 aromatic rings. The molecule has 0 saturated heterocycles. The average molecular weight is 294 g/mol. The highest BCUT2D eigenvalue weighted by molar-refractivity contribution is 7.16. The van der Waals surface area contributed by atoms with Crippen molar-refractivity contribution in [3.8, 4) is 0 Å². The van der Waals surface area contributed by atoms with Crippen LogP contribution in [0.5, 0.6) is 0 Å². The summed E-state index contributed by atoms with van der Waals surface area (Å²) in [6, 6.07) is 1.78. The molecule has 1 saturated carbocycles. The van der Waals surface area contributed by atoms with E-state index in [4.69, 9.17) is 5.73 Å². The fraction of sp³-hybridized carbons (Fsp3) is 0.600. The van der Waals surface area contributed by atoms with Gasteiger partial charge in [0.2, 0.25) is 5.91 Å². The van der Waals surface area contributed by atoms with E-state index < -0.39 is 5.91 Å². The molecule has 110 valence electrons. The van der Waals surface area contributed by atoms with Gasteiger partial charge in [0, 0.05) is 11.3 Å². The van der Waals surface area contributed by atoms with Crippen LogP contribution in [0.15, 0.2) is 6.07 Å². The van der Waals surface area contributed by atoms with E-state index in [9.17, 15) is 9.59 Å². The van der Waals surface area contributed by atoms with Crippen molar-refractivity contribution in [1.82, 2.24) is 0 Å².